The quantitative estimate of drug-likeness (QED) is 0.856. The predicted molar refractivity (Wildman–Crippen MR) is 60.4 cm³/mol. The highest BCUT2D eigenvalue weighted by Crippen LogP contribution is 2.21. The first-order valence-corrected chi connectivity index (χ1v) is 5.66. The van der Waals surface area contributed by atoms with Crippen LogP contribution in [0.5, 0.6) is 0 Å². The van der Waals surface area contributed by atoms with Crippen LogP contribution in [0.3, 0.4) is 0 Å². The van der Waals surface area contributed by atoms with Gasteiger partial charge in [-0.05, 0) is 6.92 Å². The fourth-order valence-corrected chi connectivity index (χ4v) is 1.76. The number of anilines is 1. The summed E-state index contributed by atoms with van der Waals surface area (Å²) in [7, 11) is 1.65. The SMILES string of the molecule is COCC(C)Nc1nnc(-c2nccs2)o1. The van der Waals surface area contributed by atoms with Gasteiger partial charge < -0.3 is 14.5 Å². The van der Waals surface area contributed by atoms with Crippen LogP contribution in [-0.2, 0) is 4.74 Å². The molecule has 0 aromatic carbocycles. The van der Waals surface area contributed by atoms with Crippen molar-refractivity contribution in [1.29, 1.82) is 0 Å². The second kappa shape index (κ2) is 5.04. The van der Waals surface area contributed by atoms with Gasteiger partial charge in [-0.15, -0.1) is 16.4 Å². The molecule has 2 heterocycles. The second-order valence-corrected chi connectivity index (χ2v) is 4.14. The van der Waals surface area contributed by atoms with Gasteiger partial charge in [0.05, 0.1) is 12.6 Å². The van der Waals surface area contributed by atoms with E-state index in [1.54, 1.807) is 13.3 Å². The zero-order valence-corrected chi connectivity index (χ0v) is 9.82. The topological polar surface area (TPSA) is 73.1 Å². The van der Waals surface area contributed by atoms with Gasteiger partial charge in [-0.2, -0.15) is 0 Å². The minimum atomic E-state index is 0.120. The zero-order valence-electron chi connectivity index (χ0n) is 9.01. The summed E-state index contributed by atoms with van der Waals surface area (Å²) in [6.07, 6.45) is 1.70. The lowest BCUT2D eigenvalue weighted by Crippen LogP contribution is -2.20. The molecule has 0 aliphatic carbocycles. The lowest BCUT2D eigenvalue weighted by Gasteiger charge is -2.09. The molecule has 6 nitrogen and oxygen atoms in total. The van der Waals surface area contributed by atoms with Gasteiger partial charge in [0.15, 0.2) is 5.01 Å². The van der Waals surface area contributed by atoms with Crippen molar-refractivity contribution in [3.63, 3.8) is 0 Å². The highest BCUT2D eigenvalue weighted by molar-refractivity contribution is 7.12. The Hall–Kier alpha value is -1.47. The largest absolute Gasteiger partial charge is 0.401 e. The Labute approximate surface area is 96.7 Å². The number of hydrogen-bond acceptors (Lipinski definition) is 7. The van der Waals surface area contributed by atoms with Gasteiger partial charge >= 0.3 is 6.01 Å². The molecule has 0 saturated heterocycles. The summed E-state index contributed by atoms with van der Waals surface area (Å²) >= 11 is 1.46. The van der Waals surface area contributed by atoms with Crippen LogP contribution in [0.2, 0.25) is 0 Å². The van der Waals surface area contributed by atoms with Gasteiger partial charge in [-0.3, -0.25) is 0 Å². The molecule has 0 aliphatic rings. The molecule has 1 atom stereocenters. The Bertz CT molecular complexity index is 428. The summed E-state index contributed by atoms with van der Waals surface area (Å²) in [5.74, 6) is 0.433. The Kier molecular flexibility index (Phi) is 3.47. The van der Waals surface area contributed by atoms with E-state index in [1.165, 1.54) is 11.3 Å². The molecule has 1 N–H and O–H groups in total. The zero-order chi connectivity index (χ0) is 11.4. The van der Waals surface area contributed by atoms with Crippen LogP contribution in [0.15, 0.2) is 16.0 Å². The van der Waals surface area contributed by atoms with Crippen molar-refractivity contribution in [2.45, 2.75) is 13.0 Å². The van der Waals surface area contributed by atoms with Crippen molar-refractivity contribution in [2.24, 2.45) is 0 Å². The van der Waals surface area contributed by atoms with Crippen molar-refractivity contribution in [3.05, 3.63) is 11.6 Å². The van der Waals surface area contributed by atoms with E-state index in [4.69, 9.17) is 9.15 Å². The standard InChI is InChI=1S/C9H12N4O2S/c1-6(5-14-2)11-9-13-12-7(15-9)8-10-3-4-16-8/h3-4,6H,5H2,1-2H3,(H,11,13). The van der Waals surface area contributed by atoms with Crippen LogP contribution >= 0.6 is 11.3 Å². The molecule has 0 spiro atoms. The van der Waals surface area contributed by atoms with E-state index < -0.39 is 0 Å². The normalized spacial score (nSPS) is 12.6. The van der Waals surface area contributed by atoms with Crippen LogP contribution in [0.4, 0.5) is 6.01 Å². The van der Waals surface area contributed by atoms with Crippen LogP contribution in [0.1, 0.15) is 6.92 Å². The smallest absolute Gasteiger partial charge is 0.316 e. The summed E-state index contributed by atoms with van der Waals surface area (Å²) < 4.78 is 10.4. The maximum atomic E-state index is 5.40. The van der Waals surface area contributed by atoms with Crippen LogP contribution < -0.4 is 5.32 Å². The van der Waals surface area contributed by atoms with Crippen LogP contribution in [0, 0.1) is 0 Å². The summed E-state index contributed by atoms with van der Waals surface area (Å²) in [4.78, 5) is 4.09. The number of nitrogens with zero attached hydrogens (tertiary/aromatic N) is 3. The number of nitrogens with one attached hydrogen (secondary N) is 1. The number of methoxy groups -OCH3 is 1. The number of aromatic nitrogens is 3. The van der Waals surface area contributed by atoms with Crippen molar-refractivity contribution in [2.75, 3.05) is 19.0 Å². The Morgan fingerprint density at radius 3 is 3.12 bits per heavy atom. The third-order valence-electron chi connectivity index (χ3n) is 1.83. The predicted octanol–water partition coefficient (Wildman–Crippen LogP) is 1.64. The molecule has 1 unspecified atom stereocenters. The minimum absolute atomic E-state index is 0.120. The lowest BCUT2D eigenvalue weighted by atomic mass is 10.4. The van der Waals surface area contributed by atoms with Crippen molar-refractivity contribution in [1.82, 2.24) is 15.2 Å². The lowest BCUT2D eigenvalue weighted by molar-refractivity contribution is 0.189. The number of rotatable bonds is 5. The first-order valence-electron chi connectivity index (χ1n) is 4.78. The van der Waals surface area contributed by atoms with Crippen molar-refractivity contribution >= 4 is 17.4 Å². The Morgan fingerprint density at radius 1 is 1.56 bits per heavy atom. The van der Waals surface area contributed by atoms with E-state index in [-0.39, 0.29) is 6.04 Å². The van der Waals surface area contributed by atoms with Gasteiger partial charge in [0.2, 0.25) is 0 Å². The van der Waals surface area contributed by atoms with E-state index in [0.29, 0.717) is 18.5 Å². The first-order chi connectivity index (χ1) is 7.79. The number of hydrogen-bond donors (Lipinski definition) is 1. The Morgan fingerprint density at radius 2 is 2.44 bits per heavy atom. The number of ether oxygens (including phenoxy) is 1. The molecule has 2 rings (SSSR count). The van der Waals surface area contributed by atoms with E-state index >= 15 is 0 Å². The molecule has 86 valence electrons. The summed E-state index contributed by atoms with van der Waals surface area (Å²) in [6, 6.07) is 0.504. The summed E-state index contributed by atoms with van der Waals surface area (Å²) in [5.41, 5.74) is 0. The highest BCUT2D eigenvalue weighted by atomic mass is 32.1. The monoisotopic (exact) mass is 240 g/mol. The molecule has 0 radical (unpaired) electrons. The molecule has 2 aromatic heterocycles. The summed E-state index contributed by atoms with van der Waals surface area (Å²) in [5, 5.41) is 13.4. The van der Waals surface area contributed by atoms with Gasteiger partial charge in [0, 0.05) is 18.7 Å². The van der Waals surface area contributed by atoms with Gasteiger partial charge in [0.25, 0.3) is 5.89 Å². The minimum Gasteiger partial charge on any atom is -0.401 e. The maximum absolute atomic E-state index is 5.40. The fourth-order valence-electron chi connectivity index (χ4n) is 1.20. The fraction of sp³-hybridized carbons (Fsp3) is 0.444. The van der Waals surface area contributed by atoms with Crippen LogP contribution in [0.25, 0.3) is 10.9 Å². The van der Waals surface area contributed by atoms with E-state index in [1.807, 2.05) is 12.3 Å². The first kappa shape index (κ1) is 11.0. The highest BCUT2D eigenvalue weighted by Gasteiger charge is 2.12. The van der Waals surface area contributed by atoms with E-state index in [0.717, 1.165) is 5.01 Å². The molecule has 0 saturated carbocycles. The van der Waals surface area contributed by atoms with E-state index in [2.05, 4.69) is 20.5 Å². The third-order valence-corrected chi connectivity index (χ3v) is 2.59. The van der Waals surface area contributed by atoms with E-state index in [9.17, 15) is 0 Å². The molecular formula is C9H12N4O2S. The summed E-state index contributed by atoms with van der Waals surface area (Å²) in [6.45, 7) is 2.55. The molecular weight excluding hydrogens is 228 g/mol. The third kappa shape index (κ3) is 2.56. The van der Waals surface area contributed by atoms with Crippen molar-refractivity contribution < 1.29 is 9.15 Å². The molecule has 0 aliphatic heterocycles. The molecule has 16 heavy (non-hydrogen) atoms. The van der Waals surface area contributed by atoms with Gasteiger partial charge in [-0.1, -0.05) is 5.10 Å². The maximum Gasteiger partial charge on any atom is 0.316 e. The second-order valence-electron chi connectivity index (χ2n) is 3.25. The average molecular weight is 240 g/mol. The Balaban J connectivity index is 2.03. The molecule has 7 heteroatoms. The molecule has 0 bridgehead atoms. The molecule has 0 amide bonds. The van der Waals surface area contributed by atoms with Gasteiger partial charge in [-0.25, -0.2) is 4.98 Å². The molecule has 2 aromatic rings. The van der Waals surface area contributed by atoms with Crippen molar-refractivity contribution in [3.8, 4) is 10.9 Å². The van der Waals surface area contributed by atoms with Gasteiger partial charge in [0.1, 0.15) is 0 Å². The number of thiazole rings is 1. The molecule has 0 fully saturated rings. The van der Waals surface area contributed by atoms with Crippen LogP contribution in [-0.4, -0.2) is 34.9 Å². The average Bonchev–Trinajstić information content (AvgIpc) is 2.86.